The predicted octanol–water partition coefficient (Wildman–Crippen LogP) is 4.31. The van der Waals surface area contributed by atoms with Gasteiger partial charge in [-0.25, -0.2) is 4.39 Å². The van der Waals surface area contributed by atoms with Gasteiger partial charge < -0.3 is 14.5 Å². The molecule has 4 rings (SSSR count). The molecule has 1 amide bonds. The number of anilines is 1. The third kappa shape index (κ3) is 3.64. The molecule has 2 aromatic carbocycles. The van der Waals surface area contributed by atoms with E-state index in [-0.39, 0.29) is 24.1 Å². The summed E-state index contributed by atoms with van der Waals surface area (Å²) in [4.78, 5) is 23.8. The Labute approximate surface area is 154 Å². The lowest BCUT2D eigenvalue weighted by molar-refractivity contribution is -0.118. The number of hydrogen-bond acceptors (Lipinski definition) is 4. The monoisotopic (exact) mass is 363 g/mol. The van der Waals surface area contributed by atoms with E-state index in [0.29, 0.717) is 28.5 Å². The van der Waals surface area contributed by atoms with Gasteiger partial charge >= 0.3 is 0 Å². The molecule has 2 heterocycles. The molecule has 0 saturated heterocycles. The number of halogens is 1. The lowest BCUT2D eigenvalue weighted by Crippen LogP contribution is -2.25. The van der Waals surface area contributed by atoms with Crippen molar-refractivity contribution >= 4 is 23.5 Å². The van der Waals surface area contributed by atoms with Crippen LogP contribution in [0.15, 0.2) is 65.1 Å². The van der Waals surface area contributed by atoms with Gasteiger partial charge in [0.2, 0.25) is 0 Å². The van der Waals surface area contributed by atoms with E-state index in [4.69, 9.17) is 9.15 Å². The average molecular weight is 363 g/mol. The molecule has 1 aromatic heterocycles. The van der Waals surface area contributed by atoms with Gasteiger partial charge in [-0.15, -0.1) is 0 Å². The van der Waals surface area contributed by atoms with Gasteiger partial charge in [-0.2, -0.15) is 0 Å². The standard InChI is InChI=1S/C21H14FNO4/c22-15-4-1-13(2-5-15)19-10-7-16(27-19)6-8-18(24)14-3-9-20-17(11-14)23-21(25)12-26-20/h1-11H,12H2,(H,23,25). The normalized spacial score (nSPS) is 13.1. The largest absolute Gasteiger partial charge is 0.482 e. The van der Waals surface area contributed by atoms with Crippen LogP contribution in [0, 0.1) is 5.82 Å². The second-order valence-electron chi connectivity index (χ2n) is 5.95. The molecule has 5 nitrogen and oxygen atoms in total. The van der Waals surface area contributed by atoms with Crippen molar-refractivity contribution in [1.82, 2.24) is 0 Å². The zero-order valence-corrected chi connectivity index (χ0v) is 14.1. The van der Waals surface area contributed by atoms with E-state index >= 15 is 0 Å². The lowest BCUT2D eigenvalue weighted by atomic mass is 10.1. The minimum Gasteiger partial charge on any atom is -0.482 e. The number of rotatable bonds is 4. The van der Waals surface area contributed by atoms with Gasteiger partial charge in [0.25, 0.3) is 5.91 Å². The van der Waals surface area contributed by atoms with E-state index < -0.39 is 0 Å². The second kappa shape index (κ2) is 6.92. The summed E-state index contributed by atoms with van der Waals surface area (Å²) in [5.74, 6) is 0.796. The number of carbonyl (C=O) groups is 2. The number of allylic oxidation sites excluding steroid dienone is 1. The third-order valence-electron chi connectivity index (χ3n) is 4.05. The van der Waals surface area contributed by atoms with E-state index in [1.165, 1.54) is 18.2 Å². The molecule has 0 unspecified atom stereocenters. The SMILES string of the molecule is O=C1COc2ccc(C(=O)C=Cc3ccc(-c4ccc(F)cc4)o3)cc2N1. The zero-order chi connectivity index (χ0) is 18.8. The van der Waals surface area contributed by atoms with Crippen molar-refractivity contribution in [3.63, 3.8) is 0 Å². The highest BCUT2D eigenvalue weighted by atomic mass is 19.1. The minimum atomic E-state index is -0.317. The van der Waals surface area contributed by atoms with Gasteiger partial charge in [0.05, 0.1) is 5.69 Å². The van der Waals surface area contributed by atoms with Crippen molar-refractivity contribution in [2.24, 2.45) is 0 Å². The van der Waals surface area contributed by atoms with Gasteiger partial charge in [-0.1, -0.05) is 0 Å². The molecular formula is C21H14FNO4. The summed E-state index contributed by atoms with van der Waals surface area (Å²) in [5.41, 5.74) is 1.64. The van der Waals surface area contributed by atoms with Gasteiger partial charge in [-0.05, 0) is 66.7 Å². The average Bonchev–Trinajstić information content (AvgIpc) is 3.15. The number of amides is 1. The highest BCUT2D eigenvalue weighted by molar-refractivity contribution is 6.08. The summed E-state index contributed by atoms with van der Waals surface area (Å²) in [5, 5.41) is 2.67. The third-order valence-corrected chi connectivity index (χ3v) is 4.05. The van der Waals surface area contributed by atoms with E-state index in [0.717, 1.165) is 5.56 Å². The van der Waals surface area contributed by atoms with Crippen LogP contribution in [0.2, 0.25) is 0 Å². The number of ketones is 1. The van der Waals surface area contributed by atoms with Crippen molar-refractivity contribution in [3.05, 3.63) is 77.8 Å². The Kier molecular flexibility index (Phi) is 4.30. The van der Waals surface area contributed by atoms with Crippen LogP contribution >= 0.6 is 0 Å². The van der Waals surface area contributed by atoms with Crippen LogP contribution in [0.1, 0.15) is 16.1 Å². The smallest absolute Gasteiger partial charge is 0.262 e. The van der Waals surface area contributed by atoms with Gasteiger partial charge in [-0.3, -0.25) is 9.59 Å². The fraction of sp³-hybridized carbons (Fsp3) is 0.0476. The Hall–Kier alpha value is -3.67. The first kappa shape index (κ1) is 16.8. The molecule has 0 saturated carbocycles. The summed E-state index contributed by atoms with van der Waals surface area (Å²) < 4.78 is 23.9. The molecule has 1 aliphatic heterocycles. The molecule has 6 heteroatoms. The van der Waals surface area contributed by atoms with E-state index in [1.54, 1.807) is 48.5 Å². The van der Waals surface area contributed by atoms with Crippen molar-refractivity contribution < 1.29 is 23.1 Å². The lowest BCUT2D eigenvalue weighted by Gasteiger charge is -2.17. The Morgan fingerprint density at radius 3 is 2.70 bits per heavy atom. The van der Waals surface area contributed by atoms with Gasteiger partial charge in [0.1, 0.15) is 23.1 Å². The van der Waals surface area contributed by atoms with E-state index in [9.17, 15) is 14.0 Å². The first-order valence-electron chi connectivity index (χ1n) is 8.23. The van der Waals surface area contributed by atoms with Crippen LogP contribution in [0.3, 0.4) is 0 Å². The van der Waals surface area contributed by atoms with Crippen molar-refractivity contribution in [3.8, 4) is 17.1 Å². The maximum atomic E-state index is 13.0. The number of benzene rings is 2. The predicted molar refractivity (Wildman–Crippen MR) is 98.0 cm³/mol. The summed E-state index contributed by atoms with van der Waals surface area (Å²) in [6, 6.07) is 14.3. The summed E-state index contributed by atoms with van der Waals surface area (Å²) >= 11 is 0. The van der Waals surface area contributed by atoms with Crippen LogP contribution in [-0.4, -0.2) is 18.3 Å². The molecule has 0 bridgehead atoms. The molecule has 27 heavy (non-hydrogen) atoms. The fourth-order valence-electron chi connectivity index (χ4n) is 2.70. The first-order chi connectivity index (χ1) is 13.1. The van der Waals surface area contributed by atoms with Crippen molar-refractivity contribution in [1.29, 1.82) is 0 Å². The molecule has 0 radical (unpaired) electrons. The quantitative estimate of drug-likeness (QED) is 0.554. The number of furan rings is 1. The molecule has 1 aliphatic rings. The van der Waals surface area contributed by atoms with Crippen molar-refractivity contribution in [2.75, 3.05) is 11.9 Å². The molecule has 0 aliphatic carbocycles. The Balaban J connectivity index is 1.50. The van der Waals surface area contributed by atoms with E-state index in [2.05, 4.69) is 5.32 Å². The van der Waals surface area contributed by atoms with Crippen molar-refractivity contribution in [2.45, 2.75) is 0 Å². The van der Waals surface area contributed by atoms with Crippen LogP contribution in [0.25, 0.3) is 17.4 Å². The number of nitrogens with one attached hydrogen (secondary N) is 1. The molecular weight excluding hydrogens is 349 g/mol. The van der Waals surface area contributed by atoms with Gasteiger partial charge in [0, 0.05) is 11.1 Å². The number of hydrogen-bond donors (Lipinski definition) is 1. The molecule has 1 N–H and O–H groups in total. The number of carbonyl (C=O) groups excluding carboxylic acids is 2. The maximum absolute atomic E-state index is 13.0. The summed E-state index contributed by atoms with van der Waals surface area (Å²) in [6.45, 7) is -0.0327. The molecule has 0 fully saturated rings. The van der Waals surface area contributed by atoms with Crippen LogP contribution in [0.4, 0.5) is 10.1 Å². The van der Waals surface area contributed by atoms with Crippen LogP contribution in [-0.2, 0) is 4.79 Å². The molecule has 3 aromatic rings. The fourth-order valence-corrected chi connectivity index (χ4v) is 2.70. The summed E-state index contributed by atoms with van der Waals surface area (Å²) in [6.07, 6.45) is 2.95. The maximum Gasteiger partial charge on any atom is 0.262 e. The van der Waals surface area contributed by atoms with Crippen LogP contribution < -0.4 is 10.1 Å². The zero-order valence-electron chi connectivity index (χ0n) is 14.1. The van der Waals surface area contributed by atoms with Gasteiger partial charge in [0.15, 0.2) is 12.4 Å². The van der Waals surface area contributed by atoms with Crippen LogP contribution in [0.5, 0.6) is 5.75 Å². The Morgan fingerprint density at radius 1 is 1.07 bits per heavy atom. The topological polar surface area (TPSA) is 68.5 Å². The van der Waals surface area contributed by atoms with E-state index in [1.807, 2.05) is 0 Å². The molecule has 0 atom stereocenters. The highest BCUT2D eigenvalue weighted by Crippen LogP contribution is 2.29. The number of ether oxygens (including phenoxy) is 1. The minimum absolute atomic E-state index is 0.0327. The Morgan fingerprint density at radius 2 is 1.89 bits per heavy atom. The Bertz CT molecular complexity index is 1050. The molecule has 0 spiro atoms. The number of fused-ring (bicyclic) bond motifs is 1. The molecule has 134 valence electrons. The first-order valence-corrected chi connectivity index (χ1v) is 8.23. The highest BCUT2D eigenvalue weighted by Gasteiger charge is 2.17. The second-order valence-corrected chi connectivity index (χ2v) is 5.95. The summed E-state index contributed by atoms with van der Waals surface area (Å²) in [7, 11) is 0.